The van der Waals surface area contributed by atoms with E-state index < -0.39 is 37.3 Å². The first-order valence-corrected chi connectivity index (χ1v) is 21.2. The molecule has 0 rings (SSSR count). The van der Waals surface area contributed by atoms with Crippen molar-refractivity contribution in [2.24, 2.45) is 5.92 Å². The molecule has 3 unspecified atom stereocenters. The minimum Gasteiger partial charge on any atom is -0.462 e. The van der Waals surface area contributed by atoms with Gasteiger partial charge in [0, 0.05) is 6.42 Å². The van der Waals surface area contributed by atoms with Gasteiger partial charge in [-0.3, -0.25) is 9.59 Å². The van der Waals surface area contributed by atoms with Crippen molar-refractivity contribution in [3.8, 4) is 0 Å². The molecular weight excluding hydrogens is 616 g/mol. The van der Waals surface area contributed by atoms with E-state index in [-0.39, 0.29) is 19.0 Å². The van der Waals surface area contributed by atoms with Crippen LogP contribution < -0.4 is 0 Å². The number of aliphatic hydroxyl groups excluding tert-OH is 3. The highest BCUT2D eigenvalue weighted by atomic mass is 16.6. The fourth-order valence-electron chi connectivity index (χ4n) is 6.60. The third-order valence-corrected chi connectivity index (χ3v) is 9.91. The second kappa shape index (κ2) is 38.1. The van der Waals surface area contributed by atoms with Crippen molar-refractivity contribution in [1.82, 2.24) is 0 Å². The molecule has 0 bridgehead atoms. The Kier molecular flexibility index (Phi) is 37.1. The van der Waals surface area contributed by atoms with Gasteiger partial charge < -0.3 is 24.8 Å². The molecule has 0 aliphatic carbocycles. The molecule has 0 aliphatic rings. The molecule has 49 heavy (non-hydrogen) atoms. The van der Waals surface area contributed by atoms with Crippen LogP contribution in [-0.4, -0.2) is 59.3 Å². The summed E-state index contributed by atoms with van der Waals surface area (Å²) in [5.41, 5.74) is 0. The molecule has 0 fully saturated rings. The summed E-state index contributed by atoms with van der Waals surface area (Å²) in [4.78, 5) is 25.2. The standard InChI is InChI=1S/C42H82O7/c1-3-5-7-9-11-13-15-17-19-21-23-25-27-29-31-33-41(46)48-37-40(36-44)49-42(47)38(34-39(45)35-43)32-30-28-26-24-22-20-18-16-14-12-10-8-6-4-2/h38-40,43-45H,3-37H2,1-2H3. The molecular formula is C42H82O7. The number of hydrogen-bond acceptors (Lipinski definition) is 7. The summed E-state index contributed by atoms with van der Waals surface area (Å²) in [6.45, 7) is 3.49. The number of esters is 2. The number of carbonyl (C=O) groups excluding carboxylic acids is 2. The first-order valence-electron chi connectivity index (χ1n) is 21.2. The highest BCUT2D eigenvalue weighted by molar-refractivity contribution is 5.73. The van der Waals surface area contributed by atoms with Gasteiger partial charge in [-0.1, -0.05) is 194 Å². The summed E-state index contributed by atoms with van der Waals surface area (Å²) < 4.78 is 10.8. The van der Waals surface area contributed by atoms with Crippen molar-refractivity contribution in [3.05, 3.63) is 0 Å². The van der Waals surface area contributed by atoms with Crippen LogP contribution in [-0.2, 0) is 19.1 Å². The van der Waals surface area contributed by atoms with Crippen LogP contribution in [0, 0.1) is 5.92 Å². The van der Waals surface area contributed by atoms with Crippen LogP contribution in [0.2, 0.25) is 0 Å². The number of hydrogen-bond donors (Lipinski definition) is 3. The maximum absolute atomic E-state index is 12.9. The van der Waals surface area contributed by atoms with Crippen molar-refractivity contribution < 1.29 is 34.4 Å². The Morgan fingerprint density at radius 1 is 0.510 bits per heavy atom. The van der Waals surface area contributed by atoms with Crippen LogP contribution in [0.25, 0.3) is 0 Å². The SMILES string of the molecule is CCCCCCCCCCCCCCCCCC(=O)OCC(CO)OC(=O)C(CCCCCCCCCCCCCCCC)CC(O)CO. The zero-order valence-corrected chi connectivity index (χ0v) is 32.5. The lowest BCUT2D eigenvalue weighted by atomic mass is 9.94. The molecule has 7 heteroatoms. The zero-order chi connectivity index (χ0) is 36.0. The van der Waals surface area contributed by atoms with Crippen molar-refractivity contribution >= 4 is 11.9 Å². The van der Waals surface area contributed by atoms with Gasteiger partial charge in [-0.25, -0.2) is 0 Å². The average molecular weight is 699 g/mol. The van der Waals surface area contributed by atoms with Gasteiger partial charge in [0.15, 0.2) is 6.10 Å². The van der Waals surface area contributed by atoms with E-state index in [0.29, 0.717) is 12.8 Å². The van der Waals surface area contributed by atoms with Crippen LogP contribution in [0.5, 0.6) is 0 Å². The van der Waals surface area contributed by atoms with Crippen molar-refractivity contribution in [2.75, 3.05) is 19.8 Å². The quantitative estimate of drug-likeness (QED) is 0.0432. The summed E-state index contributed by atoms with van der Waals surface area (Å²) in [5.74, 6) is -1.41. The molecule has 0 aromatic heterocycles. The van der Waals surface area contributed by atoms with Gasteiger partial charge in [-0.15, -0.1) is 0 Å². The molecule has 0 aromatic rings. The van der Waals surface area contributed by atoms with Crippen LogP contribution in [0.3, 0.4) is 0 Å². The smallest absolute Gasteiger partial charge is 0.309 e. The molecule has 0 aliphatic heterocycles. The van der Waals surface area contributed by atoms with Gasteiger partial charge in [0.2, 0.25) is 0 Å². The van der Waals surface area contributed by atoms with Gasteiger partial charge in [-0.05, 0) is 19.3 Å². The number of carbonyl (C=O) groups is 2. The molecule has 0 radical (unpaired) electrons. The second-order valence-electron chi connectivity index (χ2n) is 14.8. The highest BCUT2D eigenvalue weighted by Crippen LogP contribution is 2.21. The Bertz CT molecular complexity index is 701. The predicted molar refractivity (Wildman–Crippen MR) is 204 cm³/mol. The normalized spacial score (nSPS) is 13.3. The molecule has 0 saturated carbocycles. The van der Waals surface area contributed by atoms with Gasteiger partial charge in [-0.2, -0.15) is 0 Å². The molecule has 3 atom stereocenters. The van der Waals surface area contributed by atoms with E-state index in [9.17, 15) is 24.9 Å². The van der Waals surface area contributed by atoms with E-state index in [1.54, 1.807) is 0 Å². The molecule has 292 valence electrons. The third-order valence-electron chi connectivity index (χ3n) is 9.91. The highest BCUT2D eigenvalue weighted by Gasteiger charge is 2.26. The lowest BCUT2D eigenvalue weighted by Crippen LogP contribution is -2.33. The van der Waals surface area contributed by atoms with E-state index in [1.165, 1.54) is 148 Å². The monoisotopic (exact) mass is 699 g/mol. The lowest BCUT2D eigenvalue weighted by molar-refractivity contribution is -0.166. The number of rotatable bonds is 39. The van der Waals surface area contributed by atoms with Crippen LogP contribution in [0.15, 0.2) is 0 Å². The van der Waals surface area contributed by atoms with Crippen LogP contribution >= 0.6 is 0 Å². The fourth-order valence-corrected chi connectivity index (χ4v) is 6.60. The number of aliphatic hydroxyl groups is 3. The van der Waals surface area contributed by atoms with Gasteiger partial charge in [0.05, 0.1) is 25.2 Å². The molecule has 0 saturated heterocycles. The van der Waals surface area contributed by atoms with Crippen molar-refractivity contribution in [3.63, 3.8) is 0 Å². The van der Waals surface area contributed by atoms with E-state index in [4.69, 9.17) is 9.47 Å². The van der Waals surface area contributed by atoms with Crippen LogP contribution in [0.4, 0.5) is 0 Å². The molecule has 0 heterocycles. The van der Waals surface area contributed by atoms with Crippen molar-refractivity contribution in [1.29, 1.82) is 0 Å². The third kappa shape index (κ3) is 33.7. The average Bonchev–Trinajstić information content (AvgIpc) is 3.10. The second-order valence-corrected chi connectivity index (χ2v) is 14.8. The van der Waals surface area contributed by atoms with Gasteiger partial charge in [0.25, 0.3) is 0 Å². The Hall–Kier alpha value is -1.18. The predicted octanol–water partition coefficient (Wildman–Crippen LogP) is 10.9. The Morgan fingerprint density at radius 3 is 1.24 bits per heavy atom. The summed E-state index contributed by atoms with van der Waals surface area (Å²) in [7, 11) is 0. The minimum absolute atomic E-state index is 0.116. The van der Waals surface area contributed by atoms with Gasteiger partial charge in [0.1, 0.15) is 6.61 Å². The number of unbranched alkanes of at least 4 members (excludes halogenated alkanes) is 27. The fraction of sp³-hybridized carbons (Fsp3) is 0.952. The summed E-state index contributed by atoms with van der Waals surface area (Å²) in [6, 6.07) is 0. The first-order chi connectivity index (χ1) is 24.0. The maximum Gasteiger partial charge on any atom is 0.309 e. The molecule has 0 amide bonds. The van der Waals surface area contributed by atoms with Crippen LogP contribution in [0.1, 0.15) is 219 Å². The number of ether oxygens (including phenoxy) is 2. The summed E-state index contributed by atoms with van der Waals surface area (Å²) >= 11 is 0. The molecule has 3 N–H and O–H groups in total. The van der Waals surface area contributed by atoms with E-state index in [2.05, 4.69) is 13.8 Å². The Balaban J connectivity index is 4.01. The molecule has 0 aromatic carbocycles. The Morgan fingerprint density at radius 2 is 0.878 bits per heavy atom. The molecule has 0 spiro atoms. The molecule has 7 nitrogen and oxygen atoms in total. The zero-order valence-electron chi connectivity index (χ0n) is 32.5. The lowest BCUT2D eigenvalue weighted by Gasteiger charge is -2.22. The van der Waals surface area contributed by atoms with E-state index in [0.717, 1.165) is 38.5 Å². The van der Waals surface area contributed by atoms with Crippen molar-refractivity contribution in [2.45, 2.75) is 232 Å². The Labute approximate surface area is 303 Å². The minimum atomic E-state index is -0.996. The topological polar surface area (TPSA) is 113 Å². The van der Waals surface area contributed by atoms with Gasteiger partial charge >= 0.3 is 11.9 Å². The largest absolute Gasteiger partial charge is 0.462 e. The van der Waals surface area contributed by atoms with E-state index >= 15 is 0 Å². The van der Waals surface area contributed by atoms with E-state index in [1.807, 2.05) is 0 Å². The maximum atomic E-state index is 12.9. The first kappa shape index (κ1) is 47.8. The summed E-state index contributed by atoms with van der Waals surface area (Å²) in [5, 5.41) is 29.1. The summed E-state index contributed by atoms with van der Waals surface area (Å²) in [6.07, 6.45) is 35.6.